The molecule has 116 valence electrons. The minimum Gasteiger partial charge on any atom is -0.481 e. The van der Waals surface area contributed by atoms with Crippen molar-refractivity contribution in [3.05, 3.63) is 18.0 Å². The van der Waals surface area contributed by atoms with Crippen LogP contribution in [0.15, 0.2) is 17.2 Å². The average Bonchev–Trinajstić information content (AvgIpc) is 3.04. The van der Waals surface area contributed by atoms with Gasteiger partial charge in [0.05, 0.1) is 5.92 Å². The van der Waals surface area contributed by atoms with Gasteiger partial charge in [0.1, 0.15) is 10.6 Å². The molecule has 1 saturated heterocycles. The molecule has 0 bridgehead atoms. The summed E-state index contributed by atoms with van der Waals surface area (Å²) in [5, 5.41) is 8.95. The van der Waals surface area contributed by atoms with Gasteiger partial charge in [0.2, 0.25) is 10.0 Å². The maximum atomic E-state index is 12.4. The highest BCUT2D eigenvalue weighted by molar-refractivity contribution is 7.89. The molecule has 0 spiro atoms. The normalized spacial score (nSPS) is 19.0. The Labute approximate surface area is 122 Å². The summed E-state index contributed by atoms with van der Waals surface area (Å²) in [7, 11) is -0.747. The molecule has 0 radical (unpaired) electrons. The fourth-order valence-electron chi connectivity index (χ4n) is 2.32. The molecule has 21 heavy (non-hydrogen) atoms. The van der Waals surface area contributed by atoms with E-state index in [-0.39, 0.29) is 23.0 Å². The van der Waals surface area contributed by atoms with Gasteiger partial charge in [0.15, 0.2) is 0 Å². The monoisotopic (exact) mass is 315 g/mol. The van der Waals surface area contributed by atoms with Gasteiger partial charge in [-0.15, -0.1) is 0 Å². The van der Waals surface area contributed by atoms with Crippen molar-refractivity contribution >= 4 is 21.9 Å². The van der Waals surface area contributed by atoms with E-state index in [1.54, 1.807) is 7.05 Å². The summed E-state index contributed by atoms with van der Waals surface area (Å²) in [6.45, 7) is 0.503. The van der Waals surface area contributed by atoms with E-state index in [1.807, 2.05) is 0 Å². The van der Waals surface area contributed by atoms with E-state index >= 15 is 0 Å². The molecule has 1 fully saturated rings. The van der Waals surface area contributed by atoms with Crippen molar-refractivity contribution in [1.29, 1.82) is 0 Å². The number of carboxylic acids is 1. The number of aliphatic carboxylic acids is 1. The number of aryl methyl sites for hydroxylation is 1. The van der Waals surface area contributed by atoms with Gasteiger partial charge in [-0.2, -0.15) is 0 Å². The number of carboxylic acid groups (broad SMARTS) is 1. The lowest BCUT2D eigenvalue weighted by molar-refractivity contribution is -0.141. The molecule has 0 aliphatic carbocycles. The molecule has 2 rings (SSSR count). The quantitative estimate of drug-likeness (QED) is 0.777. The maximum Gasteiger partial charge on any atom is 0.308 e. The molecule has 0 saturated carbocycles. The van der Waals surface area contributed by atoms with Crippen molar-refractivity contribution in [2.24, 2.45) is 13.0 Å². The Kier molecular flexibility index (Phi) is 4.06. The summed E-state index contributed by atoms with van der Waals surface area (Å²) in [6.07, 6.45) is 1.76. The largest absolute Gasteiger partial charge is 0.481 e. The highest BCUT2D eigenvalue weighted by atomic mass is 32.2. The fraction of sp³-hybridized carbons (Fsp3) is 0.500. The number of sulfonamides is 1. The lowest BCUT2D eigenvalue weighted by atomic mass is 10.1. The first-order valence-corrected chi connectivity index (χ1v) is 7.86. The zero-order valence-electron chi connectivity index (χ0n) is 11.7. The molecule has 2 heterocycles. The minimum absolute atomic E-state index is 0.00447. The zero-order chi connectivity index (χ0) is 15.8. The molecule has 1 aromatic heterocycles. The Bertz CT molecular complexity index is 679. The van der Waals surface area contributed by atoms with Crippen LogP contribution in [-0.4, -0.2) is 55.0 Å². The number of likely N-dealkylation sites (tertiary alicyclic amines) is 1. The van der Waals surface area contributed by atoms with Crippen molar-refractivity contribution in [3.63, 3.8) is 0 Å². The first-order valence-electron chi connectivity index (χ1n) is 6.38. The number of aromatic nitrogens is 1. The van der Waals surface area contributed by atoms with Crippen LogP contribution in [0.25, 0.3) is 0 Å². The molecule has 1 atom stereocenters. The molecule has 1 aromatic rings. The Morgan fingerprint density at radius 1 is 1.43 bits per heavy atom. The summed E-state index contributed by atoms with van der Waals surface area (Å²) in [4.78, 5) is 24.7. The van der Waals surface area contributed by atoms with Crippen LogP contribution in [0.3, 0.4) is 0 Å². The van der Waals surface area contributed by atoms with Crippen LogP contribution in [0.2, 0.25) is 0 Å². The van der Waals surface area contributed by atoms with Crippen LogP contribution in [0.4, 0.5) is 0 Å². The first kappa shape index (κ1) is 15.5. The molecule has 8 nitrogen and oxygen atoms in total. The van der Waals surface area contributed by atoms with Crippen molar-refractivity contribution in [2.75, 3.05) is 20.1 Å². The third-order valence-corrected chi connectivity index (χ3v) is 4.98. The second kappa shape index (κ2) is 5.49. The van der Waals surface area contributed by atoms with Gasteiger partial charge in [-0.25, -0.2) is 13.1 Å². The standard InChI is InChI=1S/C12H17N3O5S/c1-13-21(19,20)9-5-10(14(2)7-9)11(16)15-4-3-8(6-15)12(17)18/h5,7-8,13H,3-4,6H2,1-2H3,(H,17,18). The number of amides is 1. The summed E-state index contributed by atoms with van der Waals surface area (Å²) in [5.41, 5.74) is 0.217. The SMILES string of the molecule is CNS(=O)(=O)c1cc(C(=O)N2CCC(C(=O)O)C2)n(C)c1. The third kappa shape index (κ3) is 2.93. The first-order chi connectivity index (χ1) is 9.76. The van der Waals surface area contributed by atoms with E-state index in [2.05, 4.69) is 4.72 Å². The van der Waals surface area contributed by atoms with Crippen LogP contribution >= 0.6 is 0 Å². The van der Waals surface area contributed by atoms with Gasteiger partial charge in [0, 0.05) is 26.3 Å². The van der Waals surface area contributed by atoms with E-state index < -0.39 is 21.9 Å². The van der Waals surface area contributed by atoms with E-state index in [0.29, 0.717) is 13.0 Å². The summed E-state index contributed by atoms with van der Waals surface area (Å²) in [6, 6.07) is 1.29. The number of rotatable bonds is 4. The molecule has 1 unspecified atom stereocenters. The summed E-state index contributed by atoms with van der Waals surface area (Å²) in [5.74, 6) is -1.84. The van der Waals surface area contributed by atoms with E-state index in [1.165, 1.54) is 28.8 Å². The zero-order valence-corrected chi connectivity index (χ0v) is 12.6. The summed E-state index contributed by atoms with van der Waals surface area (Å²) < 4.78 is 27.1. The van der Waals surface area contributed by atoms with Crippen LogP contribution < -0.4 is 4.72 Å². The van der Waals surface area contributed by atoms with Crippen LogP contribution in [0.1, 0.15) is 16.9 Å². The Morgan fingerprint density at radius 2 is 2.10 bits per heavy atom. The Morgan fingerprint density at radius 3 is 2.62 bits per heavy atom. The van der Waals surface area contributed by atoms with Gasteiger partial charge in [0.25, 0.3) is 5.91 Å². The van der Waals surface area contributed by atoms with Gasteiger partial charge in [-0.1, -0.05) is 0 Å². The molecular weight excluding hydrogens is 298 g/mol. The second-order valence-corrected chi connectivity index (χ2v) is 6.84. The smallest absolute Gasteiger partial charge is 0.308 e. The van der Waals surface area contributed by atoms with E-state index in [4.69, 9.17) is 5.11 Å². The van der Waals surface area contributed by atoms with Crippen LogP contribution in [-0.2, 0) is 21.9 Å². The van der Waals surface area contributed by atoms with Gasteiger partial charge in [-0.3, -0.25) is 9.59 Å². The third-order valence-electron chi connectivity index (χ3n) is 3.60. The van der Waals surface area contributed by atoms with Gasteiger partial charge >= 0.3 is 5.97 Å². The topological polar surface area (TPSA) is 109 Å². The second-order valence-electron chi connectivity index (χ2n) is 4.95. The minimum atomic E-state index is -3.62. The van der Waals surface area contributed by atoms with E-state index in [9.17, 15) is 18.0 Å². The lowest BCUT2D eigenvalue weighted by Gasteiger charge is -2.15. The summed E-state index contributed by atoms with van der Waals surface area (Å²) >= 11 is 0. The number of hydrogen-bond acceptors (Lipinski definition) is 4. The number of carbonyl (C=O) groups is 2. The van der Waals surface area contributed by atoms with Crippen LogP contribution in [0.5, 0.6) is 0 Å². The van der Waals surface area contributed by atoms with Crippen molar-refractivity contribution in [1.82, 2.24) is 14.2 Å². The van der Waals surface area contributed by atoms with Gasteiger partial charge < -0.3 is 14.6 Å². The average molecular weight is 315 g/mol. The molecule has 1 aliphatic heterocycles. The molecular formula is C12H17N3O5S. The fourth-order valence-corrected chi connectivity index (χ4v) is 3.12. The predicted octanol–water partition coefficient (Wildman–Crippen LogP) is -0.520. The van der Waals surface area contributed by atoms with Crippen molar-refractivity contribution in [2.45, 2.75) is 11.3 Å². The highest BCUT2D eigenvalue weighted by Crippen LogP contribution is 2.21. The maximum absolute atomic E-state index is 12.4. The molecule has 9 heteroatoms. The van der Waals surface area contributed by atoms with Crippen molar-refractivity contribution in [3.8, 4) is 0 Å². The Hall–Kier alpha value is -1.87. The Balaban J connectivity index is 2.23. The van der Waals surface area contributed by atoms with E-state index in [0.717, 1.165) is 0 Å². The number of carbonyl (C=O) groups excluding carboxylic acids is 1. The molecule has 2 N–H and O–H groups in total. The molecule has 1 amide bonds. The van der Waals surface area contributed by atoms with Crippen molar-refractivity contribution < 1.29 is 23.1 Å². The lowest BCUT2D eigenvalue weighted by Crippen LogP contribution is -2.31. The van der Waals surface area contributed by atoms with Gasteiger partial charge in [-0.05, 0) is 19.5 Å². The predicted molar refractivity (Wildman–Crippen MR) is 73.3 cm³/mol. The van der Waals surface area contributed by atoms with Crippen LogP contribution in [0, 0.1) is 5.92 Å². The molecule has 1 aliphatic rings. The number of nitrogens with one attached hydrogen (secondary N) is 1. The number of hydrogen-bond donors (Lipinski definition) is 2. The number of nitrogens with zero attached hydrogens (tertiary/aromatic N) is 2. The molecule has 0 aromatic carbocycles. The highest BCUT2D eigenvalue weighted by Gasteiger charge is 2.32.